The van der Waals surface area contributed by atoms with E-state index in [1.807, 2.05) is 61.5 Å². The van der Waals surface area contributed by atoms with Crippen molar-refractivity contribution in [2.75, 3.05) is 12.4 Å². The third-order valence-corrected chi connectivity index (χ3v) is 5.05. The molecule has 0 aliphatic carbocycles. The Balaban J connectivity index is 1.73. The zero-order chi connectivity index (χ0) is 21.1. The van der Waals surface area contributed by atoms with Crippen molar-refractivity contribution in [2.45, 2.75) is 13.5 Å². The number of amides is 2. The number of ether oxygens (including phenoxy) is 1. The van der Waals surface area contributed by atoms with Crippen molar-refractivity contribution < 1.29 is 14.3 Å². The SMILES string of the molecule is COc1ccc(C2=C(Nc3ccc(C)cc3)C(=O)N(Cc3ccccc3)C2=O)cc1. The molecule has 1 aliphatic rings. The van der Waals surface area contributed by atoms with Crippen molar-refractivity contribution in [3.8, 4) is 5.75 Å². The number of anilines is 1. The zero-order valence-corrected chi connectivity index (χ0v) is 16.9. The van der Waals surface area contributed by atoms with Crippen LogP contribution in [0.5, 0.6) is 5.75 Å². The summed E-state index contributed by atoms with van der Waals surface area (Å²) in [5.41, 5.74) is 4.07. The van der Waals surface area contributed by atoms with Gasteiger partial charge in [-0.3, -0.25) is 14.5 Å². The standard InChI is InChI=1S/C25H22N2O3/c1-17-8-12-20(13-9-17)26-23-22(19-10-14-21(30-2)15-11-19)24(28)27(25(23)29)16-18-6-4-3-5-7-18/h3-15,26H,16H2,1-2H3. The predicted octanol–water partition coefficient (Wildman–Crippen LogP) is 4.40. The Bertz CT molecular complexity index is 1100. The summed E-state index contributed by atoms with van der Waals surface area (Å²) in [5.74, 6) is 0.0317. The van der Waals surface area contributed by atoms with Crippen LogP contribution in [0, 0.1) is 6.92 Å². The van der Waals surface area contributed by atoms with Crippen molar-refractivity contribution in [3.63, 3.8) is 0 Å². The number of carbonyl (C=O) groups excluding carboxylic acids is 2. The third-order valence-electron chi connectivity index (χ3n) is 5.05. The van der Waals surface area contributed by atoms with Crippen LogP contribution in [0.1, 0.15) is 16.7 Å². The molecule has 0 unspecified atom stereocenters. The Kier molecular flexibility index (Phi) is 5.35. The summed E-state index contributed by atoms with van der Waals surface area (Å²) in [6.07, 6.45) is 0. The maximum absolute atomic E-state index is 13.3. The maximum atomic E-state index is 13.3. The van der Waals surface area contributed by atoms with E-state index in [9.17, 15) is 9.59 Å². The lowest BCUT2D eigenvalue weighted by Crippen LogP contribution is -2.31. The molecule has 2 amide bonds. The van der Waals surface area contributed by atoms with Crippen LogP contribution >= 0.6 is 0 Å². The van der Waals surface area contributed by atoms with Crippen LogP contribution in [0.15, 0.2) is 84.6 Å². The molecule has 0 saturated heterocycles. The highest BCUT2D eigenvalue weighted by atomic mass is 16.5. The summed E-state index contributed by atoms with van der Waals surface area (Å²) >= 11 is 0. The molecule has 1 aliphatic heterocycles. The summed E-state index contributed by atoms with van der Waals surface area (Å²) in [4.78, 5) is 27.8. The van der Waals surface area contributed by atoms with Gasteiger partial charge >= 0.3 is 0 Å². The van der Waals surface area contributed by atoms with Gasteiger partial charge in [-0.15, -0.1) is 0 Å². The van der Waals surface area contributed by atoms with Gasteiger partial charge in [-0.1, -0.05) is 60.2 Å². The average Bonchev–Trinajstić information content (AvgIpc) is 3.00. The Hall–Kier alpha value is -3.86. The lowest BCUT2D eigenvalue weighted by atomic mass is 10.0. The molecule has 0 bridgehead atoms. The molecular formula is C25H22N2O3. The van der Waals surface area contributed by atoms with Gasteiger partial charge in [0, 0.05) is 5.69 Å². The van der Waals surface area contributed by atoms with Crippen LogP contribution < -0.4 is 10.1 Å². The van der Waals surface area contributed by atoms with E-state index >= 15 is 0 Å². The molecule has 1 N–H and O–H groups in total. The summed E-state index contributed by atoms with van der Waals surface area (Å²) in [5, 5.41) is 3.18. The molecule has 3 aromatic rings. The van der Waals surface area contributed by atoms with Crippen LogP contribution in [0.25, 0.3) is 5.57 Å². The summed E-state index contributed by atoms with van der Waals surface area (Å²) in [6.45, 7) is 2.22. The van der Waals surface area contributed by atoms with Crippen molar-refractivity contribution in [2.24, 2.45) is 0 Å². The predicted molar refractivity (Wildman–Crippen MR) is 117 cm³/mol. The molecule has 0 radical (unpaired) electrons. The molecule has 0 spiro atoms. The number of nitrogens with one attached hydrogen (secondary N) is 1. The Morgan fingerprint density at radius 1 is 0.833 bits per heavy atom. The largest absolute Gasteiger partial charge is 0.497 e. The molecule has 0 fully saturated rings. The summed E-state index contributed by atoms with van der Waals surface area (Å²) in [6, 6.07) is 24.3. The van der Waals surface area contributed by atoms with E-state index in [1.54, 1.807) is 31.4 Å². The first kappa shape index (κ1) is 19.5. The van der Waals surface area contributed by atoms with Crippen molar-refractivity contribution in [3.05, 3.63) is 101 Å². The highest BCUT2D eigenvalue weighted by Crippen LogP contribution is 2.32. The molecule has 5 nitrogen and oxygen atoms in total. The maximum Gasteiger partial charge on any atom is 0.278 e. The highest BCUT2D eigenvalue weighted by molar-refractivity contribution is 6.36. The molecule has 0 atom stereocenters. The molecule has 1 heterocycles. The summed E-state index contributed by atoms with van der Waals surface area (Å²) in [7, 11) is 1.59. The minimum atomic E-state index is -0.338. The van der Waals surface area contributed by atoms with Crippen molar-refractivity contribution in [1.82, 2.24) is 4.90 Å². The second kappa shape index (κ2) is 8.25. The van der Waals surface area contributed by atoms with E-state index < -0.39 is 0 Å². The normalized spacial score (nSPS) is 13.7. The number of benzene rings is 3. The van der Waals surface area contributed by atoms with Crippen LogP contribution in [0.3, 0.4) is 0 Å². The fourth-order valence-corrected chi connectivity index (χ4v) is 3.41. The molecule has 4 rings (SSSR count). The van der Waals surface area contributed by atoms with E-state index in [0.29, 0.717) is 16.9 Å². The van der Waals surface area contributed by atoms with Crippen molar-refractivity contribution >= 4 is 23.1 Å². The van der Waals surface area contributed by atoms with Gasteiger partial charge < -0.3 is 10.1 Å². The van der Waals surface area contributed by atoms with Gasteiger partial charge in [0.2, 0.25) is 0 Å². The van der Waals surface area contributed by atoms with Crippen molar-refractivity contribution in [1.29, 1.82) is 0 Å². The third kappa shape index (κ3) is 3.82. The topological polar surface area (TPSA) is 58.6 Å². The van der Waals surface area contributed by atoms with Crippen LogP contribution in [0.2, 0.25) is 0 Å². The number of hydrogen-bond acceptors (Lipinski definition) is 4. The minimum absolute atomic E-state index is 0.219. The van der Waals surface area contributed by atoms with Gasteiger partial charge in [-0.2, -0.15) is 0 Å². The molecular weight excluding hydrogens is 376 g/mol. The zero-order valence-electron chi connectivity index (χ0n) is 16.9. The van der Waals surface area contributed by atoms with E-state index in [4.69, 9.17) is 4.74 Å². The molecule has 150 valence electrons. The van der Waals surface area contributed by atoms with Crippen LogP contribution in [0.4, 0.5) is 5.69 Å². The fraction of sp³-hybridized carbons (Fsp3) is 0.120. The Labute approximate surface area is 175 Å². The first-order chi connectivity index (χ1) is 14.6. The molecule has 3 aromatic carbocycles. The van der Waals surface area contributed by atoms with Crippen LogP contribution in [-0.2, 0) is 16.1 Å². The van der Waals surface area contributed by atoms with Gasteiger partial charge in [0.05, 0.1) is 19.2 Å². The lowest BCUT2D eigenvalue weighted by molar-refractivity contribution is -0.137. The number of methoxy groups -OCH3 is 1. The highest BCUT2D eigenvalue weighted by Gasteiger charge is 2.39. The van der Waals surface area contributed by atoms with Gasteiger partial charge in [-0.25, -0.2) is 0 Å². The minimum Gasteiger partial charge on any atom is -0.497 e. The monoisotopic (exact) mass is 398 g/mol. The Morgan fingerprint density at radius 3 is 2.13 bits per heavy atom. The molecule has 30 heavy (non-hydrogen) atoms. The van der Waals surface area contributed by atoms with Gasteiger partial charge in [0.1, 0.15) is 11.4 Å². The van der Waals surface area contributed by atoms with Gasteiger partial charge in [0.15, 0.2) is 0 Å². The molecule has 5 heteroatoms. The fourth-order valence-electron chi connectivity index (χ4n) is 3.41. The number of hydrogen-bond donors (Lipinski definition) is 1. The molecule has 0 aromatic heterocycles. The number of rotatable bonds is 6. The second-order valence-electron chi connectivity index (χ2n) is 7.15. The lowest BCUT2D eigenvalue weighted by Gasteiger charge is -2.15. The van der Waals surface area contributed by atoms with Crippen LogP contribution in [-0.4, -0.2) is 23.8 Å². The number of imide groups is 1. The van der Waals surface area contributed by atoms with E-state index in [1.165, 1.54) is 4.90 Å². The van der Waals surface area contributed by atoms with E-state index in [-0.39, 0.29) is 24.1 Å². The van der Waals surface area contributed by atoms with Gasteiger partial charge in [0.25, 0.3) is 11.8 Å². The smallest absolute Gasteiger partial charge is 0.278 e. The van der Waals surface area contributed by atoms with E-state index in [0.717, 1.165) is 16.8 Å². The first-order valence-electron chi connectivity index (χ1n) is 9.69. The second-order valence-corrected chi connectivity index (χ2v) is 7.15. The molecule has 0 saturated carbocycles. The number of carbonyl (C=O) groups is 2. The quantitative estimate of drug-likeness (QED) is 0.626. The number of aryl methyl sites for hydroxylation is 1. The first-order valence-corrected chi connectivity index (χ1v) is 9.69. The van der Waals surface area contributed by atoms with E-state index in [2.05, 4.69) is 5.32 Å². The number of nitrogens with zero attached hydrogens (tertiary/aromatic N) is 1. The summed E-state index contributed by atoms with van der Waals surface area (Å²) < 4.78 is 5.22. The Morgan fingerprint density at radius 2 is 1.50 bits per heavy atom. The van der Waals surface area contributed by atoms with Gasteiger partial charge in [-0.05, 0) is 42.3 Å². The average molecular weight is 398 g/mol.